The molecule has 1 saturated carbocycles. The Kier molecular flexibility index (Phi) is 2.68. The highest BCUT2D eigenvalue weighted by Gasteiger charge is 2.59. The smallest absolute Gasteiger partial charge is 0.319 e. The van der Waals surface area contributed by atoms with Gasteiger partial charge in [-0.3, -0.25) is 9.59 Å². The molecular formula is C10H15NO5S. The predicted molar refractivity (Wildman–Crippen MR) is 59.1 cm³/mol. The molecule has 0 aromatic heterocycles. The molecule has 0 radical (unpaired) electrons. The van der Waals surface area contributed by atoms with Crippen LogP contribution < -0.4 is 0 Å². The lowest BCUT2D eigenvalue weighted by Crippen LogP contribution is -2.44. The number of aliphatic carboxylic acids is 1. The normalized spacial score (nSPS) is 28.6. The van der Waals surface area contributed by atoms with Gasteiger partial charge in [0.1, 0.15) is 5.41 Å². The van der Waals surface area contributed by atoms with Crippen molar-refractivity contribution in [3.63, 3.8) is 0 Å². The number of rotatable bonds is 3. The van der Waals surface area contributed by atoms with E-state index >= 15 is 0 Å². The fourth-order valence-electron chi connectivity index (χ4n) is 2.23. The zero-order chi connectivity index (χ0) is 12.8. The van der Waals surface area contributed by atoms with Crippen molar-refractivity contribution < 1.29 is 23.1 Å². The average molecular weight is 261 g/mol. The van der Waals surface area contributed by atoms with Crippen molar-refractivity contribution in [1.82, 2.24) is 4.90 Å². The van der Waals surface area contributed by atoms with Crippen molar-refractivity contribution in [2.45, 2.75) is 25.3 Å². The summed E-state index contributed by atoms with van der Waals surface area (Å²) in [6, 6.07) is -0.371. The van der Waals surface area contributed by atoms with Gasteiger partial charge in [-0.05, 0) is 19.3 Å². The van der Waals surface area contributed by atoms with E-state index in [-0.39, 0.29) is 17.5 Å². The quantitative estimate of drug-likeness (QED) is 0.691. The maximum Gasteiger partial charge on any atom is 0.319 e. The summed E-state index contributed by atoms with van der Waals surface area (Å²) in [7, 11) is -1.56. The summed E-state index contributed by atoms with van der Waals surface area (Å²) >= 11 is 0. The van der Waals surface area contributed by atoms with Crippen molar-refractivity contribution in [2.75, 3.05) is 18.6 Å². The number of carboxylic acid groups (broad SMARTS) is 1. The molecule has 0 aromatic carbocycles. The van der Waals surface area contributed by atoms with Gasteiger partial charge < -0.3 is 10.0 Å². The van der Waals surface area contributed by atoms with E-state index in [2.05, 4.69) is 0 Å². The molecule has 0 spiro atoms. The Morgan fingerprint density at radius 3 is 2.29 bits per heavy atom. The van der Waals surface area contributed by atoms with E-state index in [9.17, 15) is 18.0 Å². The molecule has 1 unspecified atom stereocenters. The Morgan fingerprint density at radius 2 is 1.94 bits per heavy atom. The van der Waals surface area contributed by atoms with Crippen LogP contribution in [0.25, 0.3) is 0 Å². The van der Waals surface area contributed by atoms with Gasteiger partial charge in [0.2, 0.25) is 5.91 Å². The molecule has 2 rings (SSSR count). The van der Waals surface area contributed by atoms with Crippen molar-refractivity contribution in [2.24, 2.45) is 5.41 Å². The summed E-state index contributed by atoms with van der Waals surface area (Å²) < 4.78 is 22.6. The third-order valence-corrected chi connectivity index (χ3v) is 5.40. The van der Waals surface area contributed by atoms with Crippen molar-refractivity contribution >= 4 is 21.7 Å². The summed E-state index contributed by atoms with van der Waals surface area (Å²) in [6.07, 6.45) is 1.11. The summed E-state index contributed by atoms with van der Waals surface area (Å²) in [6.45, 7) is 0. The Balaban J connectivity index is 2.09. The molecule has 1 aliphatic heterocycles. The van der Waals surface area contributed by atoms with E-state index in [0.717, 1.165) is 0 Å². The van der Waals surface area contributed by atoms with E-state index in [0.29, 0.717) is 19.3 Å². The zero-order valence-electron chi connectivity index (χ0n) is 9.55. The highest BCUT2D eigenvalue weighted by Crippen LogP contribution is 2.47. The first-order valence-electron chi connectivity index (χ1n) is 5.50. The number of nitrogens with zero attached hydrogens (tertiary/aromatic N) is 1. The number of carbonyl (C=O) groups excluding carboxylic acids is 1. The molecule has 0 aromatic rings. The van der Waals surface area contributed by atoms with Gasteiger partial charge in [0.25, 0.3) is 0 Å². The van der Waals surface area contributed by atoms with Crippen LogP contribution in [-0.2, 0) is 19.4 Å². The number of hydrogen-bond acceptors (Lipinski definition) is 4. The highest BCUT2D eigenvalue weighted by molar-refractivity contribution is 7.91. The maximum absolute atomic E-state index is 12.0. The van der Waals surface area contributed by atoms with Gasteiger partial charge in [-0.25, -0.2) is 8.42 Å². The van der Waals surface area contributed by atoms with Crippen LogP contribution in [0.5, 0.6) is 0 Å². The second kappa shape index (κ2) is 3.69. The van der Waals surface area contributed by atoms with Crippen LogP contribution >= 0.6 is 0 Å². The standard InChI is InChI=1S/C10H15NO5S/c1-11(7-2-5-17(15,16)6-7)8(12)10(3-4-10)9(13)14/h7H,2-6H2,1H3,(H,13,14). The van der Waals surface area contributed by atoms with E-state index in [1.54, 1.807) is 0 Å². The first-order chi connectivity index (χ1) is 7.78. The van der Waals surface area contributed by atoms with Crippen LogP contribution in [0, 0.1) is 5.41 Å². The number of carboxylic acids is 1. The van der Waals surface area contributed by atoms with Gasteiger partial charge in [0.05, 0.1) is 11.5 Å². The second-order valence-corrected chi connectivity index (χ2v) is 7.09. The minimum Gasteiger partial charge on any atom is -0.480 e. The lowest BCUT2D eigenvalue weighted by molar-refractivity contribution is -0.153. The Bertz CT molecular complexity index is 465. The van der Waals surface area contributed by atoms with E-state index in [4.69, 9.17) is 5.11 Å². The molecule has 96 valence electrons. The largest absolute Gasteiger partial charge is 0.480 e. The second-order valence-electron chi connectivity index (χ2n) is 4.86. The Labute approximate surface area is 99.5 Å². The van der Waals surface area contributed by atoms with E-state index in [1.807, 2.05) is 0 Å². The van der Waals surface area contributed by atoms with Gasteiger partial charge in [0, 0.05) is 13.1 Å². The molecule has 1 aliphatic carbocycles. The Hall–Kier alpha value is -1.11. The number of hydrogen-bond donors (Lipinski definition) is 1. The van der Waals surface area contributed by atoms with Crippen LogP contribution in [0.2, 0.25) is 0 Å². The molecule has 1 amide bonds. The van der Waals surface area contributed by atoms with Crippen molar-refractivity contribution in [1.29, 1.82) is 0 Å². The summed E-state index contributed by atoms with van der Waals surface area (Å²) in [5.41, 5.74) is -1.28. The predicted octanol–water partition coefficient (Wildman–Crippen LogP) is -0.503. The highest BCUT2D eigenvalue weighted by atomic mass is 32.2. The van der Waals surface area contributed by atoms with Gasteiger partial charge in [0.15, 0.2) is 9.84 Å². The number of sulfone groups is 1. The maximum atomic E-state index is 12.0. The zero-order valence-corrected chi connectivity index (χ0v) is 10.4. The molecule has 1 N–H and O–H groups in total. The molecule has 17 heavy (non-hydrogen) atoms. The Morgan fingerprint density at radius 1 is 1.35 bits per heavy atom. The van der Waals surface area contributed by atoms with Crippen LogP contribution in [0.15, 0.2) is 0 Å². The summed E-state index contributed by atoms with van der Waals surface area (Å²) in [4.78, 5) is 24.3. The molecule has 0 bridgehead atoms. The van der Waals surface area contributed by atoms with Crippen LogP contribution in [0.3, 0.4) is 0 Å². The first-order valence-corrected chi connectivity index (χ1v) is 7.32. The van der Waals surface area contributed by atoms with Gasteiger partial charge >= 0.3 is 5.97 Å². The minimum absolute atomic E-state index is 0.0507. The fourth-order valence-corrected chi connectivity index (χ4v) is 4.00. The average Bonchev–Trinajstić information content (AvgIpc) is 2.97. The van der Waals surface area contributed by atoms with E-state index < -0.39 is 27.1 Å². The van der Waals surface area contributed by atoms with Crippen molar-refractivity contribution in [3.05, 3.63) is 0 Å². The number of carbonyl (C=O) groups is 2. The molecule has 2 fully saturated rings. The monoisotopic (exact) mass is 261 g/mol. The lowest BCUT2D eigenvalue weighted by atomic mass is 10.0. The molecule has 2 aliphatic rings. The first kappa shape index (κ1) is 12.3. The molecule has 1 atom stereocenters. The lowest BCUT2D eigenvalue weighted by Gasteiger charge is -2.26. The fraction of sp³-hybridized carbons (Fsp3) is 0.800. The van der Waals surface area contributed by atoms with Crippen LogP contribution in [0.4, 0.5) is 0 Å². The number of amides is 1. The topological polar surface area (TPSA) is 91.8 Å². The molecule has 1 saturated heterocycles. The SMILES string of the molecule is CN(C(=O)C1(C(=O)O)CC1)C1CCS(=O)(=O)C1. The molecule has 1 heterocycles. The van der Waals surface area contributed by atoms with Gasteiger partial charge in [-0.15, -0.1) is 0 Å². The minimum atomic E-state index is -3.06. The van der Waals surface area contributed by atoms with Crippen molar-refractivity contribution in [3.8, 4) is 0 Å². The molecular weight excluding hydrogens is 246 g/mol. The summed E-state index contributed by atoms with van der Waals surface area (Å²) in [5, 5.41) is 9.00. The van der Waals surface area contributed by atoms with Gasteiger partial charge in [-0.1, -0.05) is 0 Å². The third kappa shape index (κ3) is 2.03. The van der Waals surface area contributed by atoms with Crippen LogP contribution in [0.1, 0.15) is 19.3 Å². The third-order valence-electron chi connectivity index (χ3n) is 3.65. The molecule has 7 heteroatoms. The molecule has 6 nitrogen and oxygen atoms in total. The van der Waals surface area contributed by atoms with Crippen LogP contribution in [-0.4, -0.2) is 54.9 Å². The van der Waals surface area contributed by atoms with E-state index in [1.165, 1.54) is 11.9 Å². The van der Waals surface area contributed by atoms with Gasteiger partial charge in [-0.2, -0.15) is 0 Å². The summed E-state index contributed by atoms with van der Waals surface area (Å²) in [5.74, 6) is -1.53.